The first-order chi connectivity index (χ1) is 20.5. The van der Waals surface area contributed by atoms with Gasteiger partial charge in [-0.05, 0) is 65.2 Å². The average Bonchev–Trinajstić information content (AvgIpc) is 3.31. The molecule has 4 aromatic rings. The minimum absolute atomic E-state index is 0.153. The predicted octanol–water partition coefficient (Wildman–Crippen LogP) is 7.08. The molecule has 0 aromatic heterocycles. The fourth-order valence-electron chi connectivity index (χ4n) is 4.24. The van der Waals surface area contributed by atoms with Crippen LogP contribution in [0.15, 0.2) is 95.9 Å². The highest BCUT2D eigenvalue weighted by molar-refractivity contribution is 8.27. The lowest BCUT2D eigenvalue weighted by molar-refractivity contribution is -0.113. The fraction of sp³-hybridized carbons (Fsp3) is 0.121. The van der Waals surface area contributed by atoms with Crippen molar-refractivity contribution in [1.82, 2.24) is 0 Å². The molecular formula is C33H27NO6S2. The van der Waals surface area contributed by atoms with Crippen LogP contribution in [0.2, 0.25) is 0 Å². The minimum atomic E-state index is -0.153. The number of nitrogens with zero attached hydrogens (tertiary/aromatic N) is 1. The molecule has 7 nitrogen and oxygen atoms in total. The summed E-state index contributed by atoms with van der Waals surface area (Å²) in [5.41, 5.74) is 4.02. The fourth-order valence-corrected chi connectivity index (χ4v) is 5.54. The number of thiocarbonyl (C=S) groups is 1. The molecule has 0 radical (unpaired) electrons. The molecule has 0 aliphatic carbocycles. The van der Waals surface area contributed by atoms with Crippen molar-refractivity contribution in [1.29, 1.82) is 0 Å². The zero-order valence-corrected chi connectivity index (χ0v) is 24.6. The lowest BCUT2D eigenvalue weighted by atomic mass is 10.1. The number of carbonyl (C=O) groups excluding carboxylic acids is 2. The first-order valence-electron chi connectivity index (χ1n) is 13.0. The zero-order chi connectivity index (χ0) is 29.5. The first kappa shape index (κ1) is 28.9. The molecule has 4 aromatic carbocycles. The van der Waals surface area contributed by atoms with Crippen LogP contribution < -0.4 is 23.8 Å². The smallest absolute Gasteiger partial charge is 0.270 e. The maximum atomic E-state index is 13.1. The third kappa shape index (κ3) is 6.64. The van der Waals surface area contributed by atoms with Gasteiger partial charge < -0.3 is 18.9 Å². The van der Waals surface area contributed by atoms with Crippen LogP contribution in [0.1, 0.15) is 27.0 Å². The van der Waals surface area contributed by atoms with Crippen molar-refractivity contribution in [3.8, 4) is 23.0 Å². The molecule has 42 heavy (non-hydrogen) atoms. The predicted molar refractivity (Wildman–Crippen MR) is 169 cm³/mol. The molecular weight excluding hydrogens is 570 g/mol. The quantitative estimate of drug-likeness (QED) is 0.103. The van der Waals surface area contributed by atoms with E-state index in [1.807, 2.05) is 78.9 Å². The van der Waals surface area contributed by atoms with E-state index in [-0.39, 0.29) is 5.91 Å². The van der Waals surface area contributed by atoms with Gasteiger partial charge in [0.1, 0.15) is 19.5 Å². The Morgan fingerprint density at radius 1 is 0.738 bits per heavy atom. The van der Waals surface area contributed by atoms with Crippen LogP contribution >= 0.6 is 24.0 Å². The third-order valence-corrected chi connectivity index (χ3v) is 7.73. The van der Waals surface area contributed by atoms with E-state index in [2.05, 4.69) is 0 Å². The SMILES string of the molecule is COc1cc(C=O)ccc1OCc1ccc(COc2ccc(/C=C3/SC(=S)N(c4ccccc4)C3=O)cc2OC)cc1. The molecule has 1 amide bonds. The summed E-state index contributed by atoms with van der Waals surface area (Å²) in [6.07, 6.45) is 2.57. The number of thioether (sulfide) groups is 1. The van der Waals surface area contributed by atoms with Crippen molar-refractivity contribution < 1.29 is 28.5 Å². The molecule has 9 heteroatoms. The Balaban J connectivity index is 1.20. The number of amides is 1. The molecule has 0 saturated carbocycles. The normalized spacial score (nSPS) is 13.8. The van der Waals surface area contributed by atoms with Gasteiger partial charge in [0.05, 0.1) is 24.8 Å². The Labute approximate surface area is 253 Å². The van der Waals surface area contributed by atoms with Crippen molar-refractivity contribution in [2.45, 2.75) is 13.2 Å². The van der Waals surface area contributed by atoms with E-state index in [4.69, 9.17) is 31.2 Å². The average molecular weight is 598 g/mol. The number of para-hydroxylation sites is 1. The topological polar surface area (TPSA) is 74.3 Å². The van der Waals surface area contributed by atoms with Crippen LogP contribution in [-0.4, -0.2) is 30.7 Å². The summed E-state index contributed by atoms with van der Waals surface area (Å²) < 4.78 is 23.3. The molecule has 1 saturated heterocycles. The van der Waals surface area contributed by atoms with Crippen molar-refractivity contribution in [2.75, 3.05) is 19.1 Å². The largest absolute Gasteiger partial charge is 0.493 e. The molecule has 0 N–H and O–H groups in total. The Morgan fingerprint density at radius 2 is 1.29 bits per heavy atom. The van der Waals surface area contributed by atoms with Gasteiger partial charge in [0.15, 0.2) is 27.3 Å². The molecule has 0 unspecified atom stereocenters. The van der Waals surface area contributed by atoms with Crippen molar-refractivity contribution in [2.24, 2.45) is 0 Å². The van der Waals surface area contributed by atoms with Crippen molar-refractivity contribution >= 4 is 52.3 Å². The van der Waals surface area contributed by atoms with Crippen LogP contribution in [0.5, 0.6) is 23.0 Å². The van der Waals surface area contributed by atoms with Crippen molar-refractivity contribution in [3.63, 3.8) is 0 Å². The number of benzene rings is 4. The number of rotatable bonds is 11. The number of carbonyl (C=O) groups is 2. The number of anilines is 1. The number of hydrogen-bond acceptors (Lipinski definition) is 8. The lowest BCUT2D eigenvalue weighted by Crippen LogP contribution is -2.27. The van der Waals surface area contributed by atoms with Gasteiger partial charge in [0, 0.05) is 5.56 Å². The van der Waals surface area contributed by atoms with Gasteiger partial charge in [-0.1, -0.05) is 72.5 Å². The van der Waals surface area contributed by atoms with E-state index < -0.39 is 0 Å². The Hall–Kier alpha value is -4.60. The monoisotopic (exact) mass is 597 g/mol. The van der Waals surface area contributed by atoms with Gasteiger partial charge in [-0.25, -0.2) is 0 Å². The first-order valence-corrected chi connectivity index (χ1v) is 14.2. The second kappa shape index (κ2) is 13.4. The number of aldehydes is 1. The standard InChI is InChI=1S/C33H27NO6S2/c1-37-29-16-24(18-31-32(36)34(33(41)42-31)26-6-4-3-5-7-26)12-14-27(29)39-20-22-8-10-23(11-9-22)21-40-28-15-13-25(19-35)17-30(28)38-2/h3-19H,20-21H2,1-2H3/b31-18+. The molecule has 212 valence electrons. The summed E-state index contributed by atoms with van der Waals surface area (Å²) in [6.45, 7) is 0.685. The van der Waals surface area contributed by atoms with Gasteiger partial charge in [0.25, 0.3) is 5.91 Å². The van der Waals surface area contributed by atoms with E-state index in [1.165, 1.54) is 18.9 Å². The molecule has 1 aliphatic rings. The molecule has 0 atom stereocenters. The summed E-state index contributed by atoms with van der Waals surface area (Å²) in [7, 11) is 3.12. The van der Waals surface area contributed by atoms with E-state index in [0.717, 1.165) is 28.7 Å². The Bertz CT molecular complexity index is 1640. The highest BCUT2D eigenvalue weighted by Crippen LogP contribution is 2.37. The van der Waals surface area contributed by atoms with Gasteiger partial charge >= 0.3 is 0 Å². The van der Waals surface area contributed by atoms with Gasteiger partial charge in [-0.15, -0.1) is 0 Å². The van der Waals surface area contributed by atoms with E-state index in [0.29, 0.717) is 51.0 Å². The van der Waals surface area contributed by atoms with Gasteiger partial charge in [-0.2, -0.15) is 0 Å². The Kier molecular flexibility index (Phi) is 9.21. The summed E-state index contributed by atoms with van der Waals surface area (Å²) in [6, 6.07) is 27.8. The van der Waals surface area contributed by atoms with Gasteiger partial charge in [0.2, 0.25) is 0 Å². The van der Waals surface area contributed by atoms with Crippen LogP contribution in [0.4, 0.5) is 5.69 Å². The summed E-state index contributed by atoms with van der Waals surface area (Å²) >= 11 is 6.74. The summed E-state index contributed by atoms with van der Waals surface area (Å²) in [5.74, 6) is 2.06. The highest BCUT2D eigenvalue weighted by Gasteiger charge is 2.33. The van der Waals surface area contributed by atoms with Crippen molar-refractivity contribution in [3.05, 3.63) is 118 Å². The second-order valence-corrected chi connectivity index (χ2v) is 10.9. The maximum absolute atomic E-state index is 13.1. The van der Waals surface area contributed by atoms with E-state index in [9.17, 15) is 9.59 Å². The number of hydrogen-bond donors (Lipinski definition) is 0. The molecule has 5 rings (SSSR count). The second-order valence-electron chi connectivity index (χ2n) is 9.18. The van der Waals surface area contributed by atoms with Crippen LogP contribution in [0.3, 0.4) is 0 Å². The number of methoxy groups -OCH3 is 2. The molecule has 1 fully saturated rings. The molecule has 1 heterocycles. The Morgan fingerprint density at radius 3 is 1.83 bits per heavy atom. The summed E-state index contributed by atoms with van der Waals surface area (Å²) in [4.78, 5) is 26.1. The molecule has 0 bridgehead atoms. The zero-order valence-electron chi connectivity index (χ0n) is 22.9. The summed E-state index contributed by atoms with van der Waals surface area (Å²) in [5, 5.41) is 0. The third-order valence-electron chi connectivity index (χ3n) is 6.43. The number of ether oxygens (including phenoxy) is 4. The van der Waals surface area contributed by atoms with Gasteiger partial charge in [-0.3, -0.25) is 14.5 Å². The maximum Gasteiger partial charge on any atom is 0.270 e. The highest BCUT2D eigenvalue weighted by atomic mass is 32.2. The molecule has 0 spiro atoms. The minimum Gasteiger partial charge on any atom is -0.493 e. The lowest BCUT2D eigenvalue weighted by Gasteiger charge is -2.14. The molecule has 1 aliphatic heterocycles. The van der Waals surface area contributed by atoms with E-state index >= 15 is 0 Å². The van der Waals surface area contributed by atoms with Crippen LogP contribution in [0.25, 0.3) is 6.08 Å². The van der Waals surface area contributed by atoms with Crippen LogP contribution in [-0.2, 0) is 18.0 Å². The van der Waals surface area contributed by atoms with Crippen LogP contribution in [0, 0.1) is 0 Å². The van der Waals surface area contributed by atoms with E-state index in [1.54, 1.807) is 30.2 Å².